The topological polar surface area (TPSA) is 67.4 Å². The number of hydrogen-bond donors (Lipinski definition) is 2. The summed E-state index contributed by atoms with van der Waals surface area (Å²) in [6, 6.07) is 0. The lowest BCUT2D eigenvalue weighted by Crippen LogP contribution is -2.31. The van der Waals surface area contributed by atoms with Gasteiger partial charge in [-0.3, -0.25) is 9.59 Å². The van der Waals surface area contributed by atoms with Crippen LogP contribution in [0.5, 0.6) is 0 Å². The fourth-order valence-corrected chi connectivity index (χ4v) is 0.582. The van der Waals surface area contributed by atoms with Gasteiger partial charge in [0, 0.05) is 14.0 Å². The first-order chi connectivity index (χ1) is 5.61. The van der Waals surface area contributed by atoms with Crippen molar-refractivity contribution in [3.63, 3.8) is 0 Å². The van der Waals surface area contributed by atoms with Gasteiger partial charge in [-0.05, 0) is 0 Å². The number of likely N-dealkylation sites (N-methyl/N-ethyl adjacent to an activating group) is 1. The Bertz CT molecular complexity index is 211. The van der Waals surface area contributed by atoms with Crippen LogP contribution in [0.3, 0.4) is 0 Å². The third-order valence-corrected chi connectivity index (χ3v) is 1.02. The molecule has 2 N–H and O–H groups in total. The number of carbonyl (C=O) groups is 2. The fraction of sp³-hybridized carbons (Fsp3) is 0.429. The Morgan fingerprint density at radius 1 is 1.42 bits per heavy atom. The molecule has 0 heterocycles. The molecular formula is C7H12N2O3. The van der Waals surface area contributed by atoms with Gasteiger partial charge >= 0.3 is 0 Å². The maximum absolute atomic E-state index is 11.0. The van der Waals surface area contributed by atoms with Crippen LogP contribution < -0.4 is 10.6 Å². The second-order valence-electron chi connectivity index (χ2n) is 2.03. The van der Waals surface area contributed by atoms with Crippen LogP contribution in [0.2, 0.25) is 0 Å². The average molecular weight is 172 g/mol. The second kappa shape index (κ2) is 5.17. The van der Waals surface area contributed by atoms with E-state index in [9.17, 15) is 9.59 Å². The molecule has 68 valence electrons. The standard InChI is InChI=1S/C7H12N2O3/c1-5(10)9-6(4-12-3)7(11)8-2/h4H,1-3H3,(H,8,11)(H,9,10)/b6-4+. The van der Waals surface area contributed by atoms with E-state index in [-0.39, 0.29) is 11.6 Å². The first kappa shape index (κ1) is 10.5. The molecule has 0 aromatic carbocycles. The van der Waals surface area contributed by atoms with Crippen LogP contribution in [0.1, 0.15) is 6.92 Å². The number of nitrogens with one attached hydrogen (secondary N) is 2. The lowest BCUT2D eigenvalue weighted by Gasteiger charge is -2.04. The summed E-state index contributed by atoms with van der Waals surface area (Å²) in [5, 5.41) is 4.67. The van der Waals surface area contributed by atoms with Gasteiger partial charge in [-0.25, -0.2) is 0 Å². The summed E-state index contributed by atoms with van der Waals surface area (Å²) < 4.78 is 4.59. The van der Waals surface area contributed by atoms with Crippen LogP contribution in [-0.2, 0) is 14.3 Å². The van der Waals surface area contributed by atoms with E-state index in [1.165, 1.54) is 27.3 Å². The normalized spacial score (nSPS) is 10.4. The molecule has 2 amide bonds. The van der Waals surface area contributed by atoms with Gasteiger partial charge in [-0.2, -0.15) is 0 Å². The summed E-state index contributed by atoms with van der Waals surface area (Å²) in [6.07, 6.45) is 1.17. The van der Waals surface area contributed by atoms with Crippen LogP contribution in [0, 0.1) is 0 Å². The third-order valence-electron chi connectivity index (χ3n) is 1.02. The zero-order chi connectivity index (χ0) is 9.56. The molecule has 5 heteroatoms. The van der Waals surface area contributed by atoms with E-state index in [0.717, 1.165) is 0 Å². The largest absolute Gasteiger partial charge is 0.502 e. The smallest absolute Gasteiger partial charge is 0.270 e. The van der Waals surface area contributed by atoms with Crippen LogP contribution in [0.25, 0.3) is 0 Å². The Balaban J connectivity index is 4.34. The molecule has 12 heavy (non-hydrogen) atoms. The molecule has 0 bridgehead atoms. The van der Waals surface area contributed by atoms with E-state index in [0.29, 0.717) is 0 Å². The summed E-state index contributed by atoms with van der Waals surface area (Å²) in [6.45, 7) is 1.31. The van der Waals surface area contributed by atoms with Gasteiger partial charge in [0.25, 0.3) is 5.91 Å². The molecule has 0 aliphatic heterocycles. The Morgan fingerprint density at radius 2 is 2.00 bits per heavy atom. The molecule has 0 radical (unpaired) electrons. The van der Waals surface area contributed by atoms with E-state index in [4.69, 9.17) is 0 Å². The maximum Gasteiger partial charge on any atom is 0.270 e. The van der Waals surface area contributed by atoms with Crippen molar-refractivity contribution in [1.82, 2.24) is 10.6 Å². The highest BCUT2D eigenvalue weighted by Crippen LogP contribution is 1.88. The average Bonchev–Trinajstić information content (AvgIpc) is 2.01. The highest BCUT2D eigenvalue weighted by Gasteiger charge is 2.08. The molecule has 0 rings (SSSR count). The third kappa shape index (κ3) is 3.60. The van der Waals surface area contributed by atoms with Crippen molar-refractivity contribution in [2.75, 3.05) is 14.2 Å². The van der Waals surface area contributed by atoms with E-state index < -0.39 is 5.91 Å². The molecule has 0 unspecified atom stereocenters. The number of amides is 2. The summed E-state index contributed by atoms with van der Waals surface area (Å²) in [5.74, 6) is -0.714. The second-order valence-corrected chi connectivity index (χ2v) is 2.03. The summed E-state index contributed by atoms with van der Waals surface area (Å²) in [7, 11) is 2.86. The van der Waals surface area contributed by atoms with Crippen LogP contribution >= 0.6 is 0 Å². The minimum Gasteiger partial charge on any atom is -0.502 e. The van der Waals surface area contributed by atoms with Gasteiger partial charge in [0.1, 0.15) is 12.0 Å². The van der Waals surface area contributed by atoms with Crippen molar-refractivity contribution in [3.05, 3.63) is 12.0 Å². The quantitative estimate of drug-likeness (QED) is 0.439. The van der Waals surface area contributed by atoms with Crippen molar-refractivity contribution in [2.45, 2.75) is 6.92 Å². The molecule has 0 atom stereocenters. The summed E-state index contributed by atoms with van der Waals surface area (Å²) in [4.78, 5) is 21.5. The van der Waals surface area contributed by atoms with Crippen molar-refractivity contribution in [1.29, 1.82) is 0 Å². The van der Waals surface area contributed by atoms with Crippen molar-refractivity contribution < 1.29 is 14.3 Å². The molecule has 0 aromatic rings. The number of carbonyl (C=O) groups excluding carboxylic acids is 2. The first-order valence-electron chi connectivity index (χ1n) is 3.34. The van der Waals surface area contributed by atoms with Gasteiger partial charge in [0.15, 0.2) is 0 Å². The molecule has 0 saturated heterocycles. The van der Waals surface area contributed by atoms with Crippen LogP contribution in [0.15, 0.2) is 12.0 Å². The maximum atomic E-state index is 11.0. The number of methoxy groups -OCH3 is 1. The Hall–Kier alpha value is -1.52. The Labute approximate surface area is 70.8 Å². The van der Waals surface area contributed by atoms with Gasteiger partial charge < -0.3 is 15.4 Å². The molecular weight excluding hydrogens is 160 g/mol. The highest BCUT2D eigenvalue weighted by molar-refractivity contribution is 5.96. The predicted octanol–water partition coefficient (Wildman–Crippen LogP) is -0.644. The number of rotatable bonds is 3. The molecule has 0 aromatic heterocycles. The van der Waals surface area contributed by atoms with E-state index in [1.54, 1.807) is 0 Å². The van der Waals surface area contributed by atoms with Crippen LogP contribution in [0.4, 0.5) is 0 Å². The van der Waals surface area contributed by atoms with E-state index in [1.807, 2.05) is 0 Å². The van der Waals surface area contributed by atoms with Crippen molar-refractivity contribution in [2.24, 2.45) is 0 Å². The molecule has 0 spiro atoms. The summed E-state index contributed by atoms with van der Waals surface area (Å²) in [5.41, 5.74) is 0.0903. The fourth-order valence-electron chi connectivity index (χ4n) is 0.582. The van der Waals surface area contributed by atoms with E-state index >= 15 is 0 Å². The zero-order valence-corrected chi connectivity index (χ0v) is 7.30. The summed E-state index contributed by atoms with van der Waals surface area (Å²) >= 11 is 0. The monoisotopic (exact) mass is 172 g/mol. The van der Waals surface area contributed by atoms with Gasteiger partial charge in [0.05, 0.1) is 7.11 Å². The molecule has 0 saturated carbocycles. The number of hydrogen-bond acceptors (Lipinski definition) is 3. The van der Waals surface area contributed by atoms with Crippen molar-refractivity contribution in [3.8, 4) is 0 Å². The Morgan fingerprint density at radius 3 is 2.33 bits per heavy atom. The lowest BCUT2D eigenvalue weighted by atomic mass is 10.4. The minimum absolute atomic E-state index is 0.0903. The van der Waals surface area contributed by atoms with Crippen LogP contribution in [-0.4, -0.2) is 26.0 Å². The molecule has 0 aliphatic carbocycles. The van der Waals surface area contributed by atoms with Crippen molar-refractivity contribution >= 4 is 11.8 Å². The van der Waals surface area contributed by atoms with Gasteiger partial charge in [0.2, 0.25) is 5.91 Å². The molecule has 0 fully saturated rings. The van der Waals surface area contributed by atoms with Gasteiger partial charge in [-0.15, -0.1) is 0 Å². The Kier molecular flexibility index (Phi) is 4.52. The lowest BCUT2D eigenvalue weighted by molar-refractivity contribution is -0.122. The minimum atomic E-state index is -0.396. The molecule has 5 nitrogen and oxygen atoms in total. The SMILES string of the molecule is CNC(=O)/C(=C\OC)NC(C)=O. The molecule has 0 aliphatic rings. The highest BCUT2D eigenvalue weighted by atomic mass is 16.5. The zero-order valence-electron chi connectivity index (χ0n) is 7.30. The van der Waals surface area contributed by atoms with E-state index in [2.05, 4.69) is 15.4 Å². The first-order valence-corrected chi connectivity index (χ1v) is 3.34. The van der Waals surface area contributed by atoms with Gasteiger partial charge in [-0.1, -0.05) is 0 Å². The number of ether oxygens (including phenoxy) is 1. The predicted molar refractivity (Wildman–Crippen MR) is 43.0 cm³/mol.